The number of benzene rings is 4. The molecule has 0 aliphatic carbocycles. The van der Waals surface area contributed by atoms with Crippen molar-refractivity contribution in [1.82, 2.24) is 9.97 Å². The van der Waals surface area contributed by atoms with E-state index in [1.54, 1.807) is 12.4 Å². The molecule has 6 nitrogen and oxygen atoms in total. The Morgan fingerprint density at radius 2 is 0.923 bits per heavy atom. The number of rotatable bonds is 6. The van der Waals surface area contributed by atoms with E-state index < -0.39 is 8.88 Å². The molecule has 1 saturated heterocycles. The van der Waals surface area contributed by atoms with Gasteiger partial charge in [0.2, 0.25) is 0 Å². The highest BCUT2D eigenvalue weighted by Gasteiger charge is 2.63. The first-order valence-electron chi connectivity index (χ1n) is 13.0. The van der Waals surface area contributed by atoms with Crippen LogP contribution in [0.25, 0.3) is 21.8 Å². The largest absolute Gasteiger partial charge is 0.724 e. The number of hydrogen-bond acceptors (Lipinski definition) is 6. The van der Waals surface area contributed by atoms with Crippen LogP contribution in [0.4, 0.5) is 11.4 Å². The zero-order valence-electron chi connectivity index (χ0n) is 21.2. The maximum Gasteiger partial charge on any atom is 0.724 e. The number of anilines is 2. The summed E-state index contributed by atoms with van der Waals surface area (Å²) in [5, 5.41) is 2.03. The van der Waals surface area contributed by atoms with Crippen LogP contribution in [0.1, 0.15) is 0 Å². The van der Waals surface area contributed by atoms with E-state index in [1.807, 2.05) is 48.5 Å². The first kappa shape index (κ1) is 23.2. The number of pyridine rings is 2. The van der Waals surface area contributed by atoms with E-state index >= 15 is 0 Å². The quantitative estimate of drug-likeness (QED) is 0.225. The smallest absolute Gasteiger partial charge is 0.479 e. The molecule has 0 saturated carbocycles. The fraction of sp³-hybridized carbons (Fsp3) is 0.0625. The SMILES string of the molecule is c1ccc(N2CCN(c3ccccc3)[Si]2(Oc2cccc3cccnc23)Oc2cccc3cccnc23)cc1. The van der Waals surface area contributed by atoms with Crippen LogP contribution in [-0.2, 0) is 0 Å². The summed E-state index contributed by atoms with van der Waals surface area (Å²) >= 11 is 0. The van der Waals surface area contributed by atoms with Crippen LogP contribution in [0, 0.1) is 0 Å². The number of aromatic nitrogens is 2. The van der Waals surface area contributed by atoms with Gasteiger partial charge in [0.25, 0.3) is 0 Å². The highest BCUT2D eigenvalue weighted by atomic mass is 28.4. The van der Waals surface area contributed by atoms with Gasteiger partial charge in [0, 0.05) is 47.6 Å². The van der Waals surface area contributed by atoms with E-state index in [-0.39, 0.29) is 0 Å². The Labute approximate surface area is 228 Å². The van der Waals surface area contributed by atoms with Crippen molar-refractivity contribution in [3.8, 4) is 11.5 Å². The molecule has 190 valence electrons. The Morgan fingerprint density at radius 3 is 1.38 bits per heavy atom. The van der Waals surface area contributed by atoms with Gasteiger partial charge >= 0.3 is 8.88 Å². The molecule has 0 radical (unpaired) electrons. The van der Waals surface area contributed by atoms with Crippen molar-refractivity contribution in [3.05, 3.63) is 134 Å². The molecule has 2 aromatic heterocycles. The first-order valence-corrected chi connectivity index (χ1v) is 14.7. The average Bonchev–Trinajstić information content (AvgIpc) is 3.36. The molecule has 6 aromatic rings. The third-order valence-electron chi connectivity index (χ3n) is 7.04. The van der Waals surface area contributed by atoms with Crippen LogP contribution >= 0.6 is 0 Å². The second-order valence-electron chi connectivity index (χ2n) is 9.39. The van der Waals surface area contributed by atoms with Gasteiger partial charge in [-0.3, -0.25) is 9.97 Å². The first-order chi connectivity index (χ1) is 19.3. The Morgan fingerprint density at radius 1 is 0.487 bits per heavy atom. The van der Waals surface area contributed by atoms with E-state index in [4.69, 9.17) is 18.8 Å². The Bertz CT molecular complexity index is 1610. The molecule has 7 heteroatoms. The van der Waals surface area contributed by atoms with E-state index in [0.29, 0.717) is 11.5 Å². The van der Waals surface area contributed by atoms with Gasteiger partial charge in [-0.15, -0.1) is 0 Å². The normalized spacial score (nSPS) is 14.6. The molecule has 0 N–H and O–H groups in total. The zero-order chi connectivity index (χ0) is 26.1. The minimum absolute atomic E-state index is 0.691. The van der Waals surface area contributed by atoms with Crippen LogP contribution in [0.5, 0.6) is 11.5 Å². The van der Waals surface area contributed by atoms with Crippen molar-refractivity contribution in [2.24, 2.45) is 0 Å². The van der Waals surface area contributed by atoms with Crippen LogP contribution in [0.2, 0.25) is 0 Å². The molecule has 0 atom stereocenters. The molecular formula is C32H26N4O2Si. The fourth-order valence-corrected chi connectivity index (χ4v) is 8.67. The van der Waals surface area contributed by atoms with Crippen molar-refractivity contribution >= 4 is 42.1 Å². The summed E-state index contributed by atoms with van der Waals surface area (Å²) in [5.41, 5.74) is 3.70. The lowest BCUT2D eigenvalue weighted by atomic mass is 10.2. The summed E-state index contributed by atoms with van der Waals surface area (Å²) in [4.78, 5) is 9.40. The number of fused-ring (bicyclic) bond motifs is 2. The zero-order valence-corrected chi connectivity index (χ0v) is 22.2. The van der Waals surface area contributed by atoms with Gasteiger partial charge in [0.15, 0.2) is 0 Å². The van der Waals surface area contributed by atoms with Gasteiger partial charge < -0.3 is 18.0 Å². The third kappa shape index (κ3) is 4.13. The second-order valence-corrected chi connectivity index (χ2v) is 12.0. The van der Waals surface area contributed by atoms with Crippen LogP contribution in [-0.4, -0.2) is 31.9 Å². The molecule has 0 spiro atoms. The second kappa shape index (κ2) is 9.77. The van der Waals surface area contributed by atoms with Crippen molar-refractivity contribution in [2.45, 2.75) is 0 Å². The highest BCUT2D eigenvalue weighted by molar-refractivity contribution is 6.77. The molecule has 0 unspecified atom stereocenters. The molecule has 0 bridgehead atoms. The Hall–Kier alpha value is -4.88. The van der Waals surface area contributed by atoms with Crippen molar-refractivity contribution in [3.63, 3.8) is 0 Å². The Balaban J connectivity index is 1.47. The molecule has 39 heavy (non-hydrogen) atoms. The molecule has 1 aliphatic heterocycles. The van der Waals surface area contributed by atoms with Gasteiger partial charge in [0.1, 0.15) is 22.5 Å². The van der Waals surface area contributed by atoms with Crippen LogP contribution in [0.3, 0.4) is 0 Å². The van der Waals surface area contributed by atoms with E-state index in [9.17, 15) is 0 Å². The summed E-state index contributed by atoms with van der Waals surface area (Å²) in [7, 11) is -3.50. The van der Waals surface area contributed by atoms with E-state index in [1.165, 1.54) is 0 Å². The van der Waals surface area contributed by atoms with Crippen LogP contribution in [0.15, 0.2) is 134 Å². The monoisotopic (exact) mass is 526 g/mol. The molecule has 0 amide bonds. The molecule has 1 fully saturated rings. The summed E-state index contributed by atoms with van der Waals surface area (Å²) in [6, 6.07) is 40.8. The molecule has 4 aromatic carbocycles. The predicted octanol–water partition coefficient (Wildman–Crippen LogP) is 6.70. The predicted molar refractivity (Wildman–Crippen MR) is 158 cm³/mol. The van der Waals surface area contributed by atoms with Gasteiger partial charge in [-0.1, -0.05) is 72.8 Å². The van der Waals surface area contributed by atoms with Gasteiger partial charge in [-0.2, -0.15) is 0 Å². The number of nitrogens with zero attached hydrogens (tertiary/aromatic N) is 4. The van der Waals surface area contributed by atoms with Gasteiger partial charge in [-0.05, 0) is 48.5 Å². The van der Waals surface area contributed by atoms with Crippen molar-refractivity contribution in [1.29, 1.82) is 0 Å². The summed E-state index contributed by atoms with van der Waals surface area (Å²) < 4.78 is 19.1. The molecule has 3 heterocycles. The molecular weight excluding hydrogens is 500 g/mol. The average molecular weight is 527 g/mol. The molecule has 7 rings (SSSR count). The summed E-state index contributed by atoms with van der Waals surface area (Å²) in [5.74, 6) is 1.38. The topological polar surface area (TPSA) is 50.7 Å². The van der Waals surface area contributed by atoms with Crippen LogP contribution < -0.4 is 18.0 Å². The third-order valence-corrected chi connectivity index (χ3v) is 10.3. The lowest BCUT2D eigenvalue weighted by Crippen LogP contribution is -2.69. The van der Waals surface area contributed by atoms with Gasteiger partial charge in [0.05, 0.1) is 0 Å². The minimum Gasteiger partial charge on any atom is -0.479 e. The lowest BCUT2D eigenvalue weighted by molar-refractivity contribution is 0.385. The highest BCUT2D eigenvalue weighted by Crippen LogP contribution is 2.39. The maximum absolute atomic E-state index is 7.24. The molecule has 1 aliphatic rings. The van der Waals surface area contributed by atoms with Crippen molar-refractivity contribution in [2.75, 3.05) is 22.2 Å². The minimum atomic E-state index is -3.50. The summed E-state index contributed by atoms with van der Waals surface area (Å²) in [6.45, 7) is 1.48. The van der Waals surface area contributed by atoms with Gasteiger partial charge in [-0.25, -0.2) is 0 Å². The summed E-state index contributed by atoms with van der Waals surface area (Å²) in [6.07, 6.45) is 3.61. The maximum atomic E-state index is 7.24. The van der Waals surface area contributed by atoms with E-state index in [2.05, 4.69) is 81.9 Å². The number of para-hydroxylation sites is 4. The van der Waals surface area contributed by atoms with Crippen molar-refractivity contribution < 1.29 is 8.85 Å². The fourth-order valence-electron chi connectivity index (χ4n) is 5.27. The lowest BCUT2D eigenvalue weighted by Gasteiger charge is -2.39. The number of hydrogen-bond donors (Lipinski definition) is 0. The standard InChI is InChI=1S/C32H26N4O2Si/c1-3-15-27(16-4-1)35-23-24-36(28-17-5-2-6-18-28)39(35,37-29-19-7-11-25-13-9-21-33-31(25)29)38-30-20-8-12-26-14-10-22-34-32(26)30/h1-22H,23-24H2. The Kier molecular flexibility index (Phi) is 5.83. The van der Waals surface area contributed by atoms with E-state index in [0.717, 1.165) is 46.3 Å².